The zero-order chi connectivity index (χ0) is 15.1. The lowest BCUT2D eigenvalue weighted by Crippen LogP contribution is -2.28. The first-order valence-electron chi connectivity index (χ1n) is 8.45. The molecule has 1 aromatic rings. The largest absolute Gasteiger partial charge is 0.371 e. The fraction of sp³-hybridized carbons (Fsp3) is 0.765. The molecule has 0 radical (unpaired) electrons. The van der Waals surface area contributed by atoms with E-state index in [9.17, 15) is 0 Å². The van der Waals surface area contributed by atoms with Gasteiger partial charge in [-0.3, -0.25) is 0 Å². The van der Waals surface area contributed by atoms with E-state index in [1.54, 1.807) is 0 Å². The summed E-state index contributed by atoms with van der Waals surface area (Å²) in [6, 6.07) is 0. The molecule has 2 rings (SSSR count). The van der Waals surface area contributed by atoms with Gasteiger partial charge >= 0.3 is 0 Å². The highest BCUT2D eigenvalue weighted by Gasteiger charge is 2.22. The second kappa shape index (κ2) is 8.44. The number of hydrogen-bond acceptors (Lipinski definition) is 4. The van der Waals surface area contributed by atoms with Crippen molar-refractivity contribution in [3.05, 3.63) is 23.3 Å². The molecule has 0 amide bonds. The Morgan fingerprint density at radius 2 is 2.24 bits per heavy atom. The first-order chi connectivity index (χ1) is 10.3. The van der Waals surface area contributed by atoms with E-state index in [-0.39, 0.29) is 6.10 Å². The Bertz CT molecular complexity index is 436. The van der Waals surface area contributed by atoms with Crippen molar-refractivity contribution in [2.45, 2.75) is 59.0 Å². The molecule has 2 atom stereocenters. The standard InChI is InChI=1S/C17H29N3O/c1-4-9-18-11-13-7-8-15-14(10-13)12-19-17(20-15)16(5-2)21-6-3/h12-13,16,18H,4-11H2,1-3H3. The normalized spacial score (nSPS) is 19.3. The van der Waals surface area contributed by atoms with Gasteiger partial charge in [0.05, 0.1) is 0 Å². The van der Waals surface area contributed by atoms with Crippen LogP contribution in [0.2, 0.25) is 0 Å². The molecular formula is C17H29N3O. The quantitative estimate of drug-likeness (QED) is 0.748. The fourth-order valence-electron chi connectivity index (χ4n) is 2.99. The third kappa shape index (κ3) is 4.48. The van der Waals surface area contributed by atoms with Gasteiger partial charge in [0.1, 0.15) is 6.10 Å². The Balaban J connectivity index is 1.99. The summed E-state index contributed by atoms with van der Waals surface area (Å²) < 4.78 is 5.72. The molecule has 1 heterocycles. The predicted octanol–water partition coefficient (Wildman–Crippen LogP) is 3.07. The maximum absolute atomic E-state index is 5.72. The minimum absolute atomic E-state index is 0.0456. The van der Waals surface area contributed by atoms with Crippen LogP contribution < -0.4 is 5.32 Å². The lowest BCUT2D eigenvalue weighted by molar-refractivity contribution is 0.0532. The van der Waals surface area contributed by atoms with E-state index >= 15 is 0 Å². The van der Waals surface area contributed by atoms with Crippen molar-refractivity contribution < 1.29 is 4.74 Å². The smallest absolute Gasteiger partial charge is 0.157 e. The summed E-state index contributed by atoms with van der Waals surface area (Å²) in [7, 11) is 0. The number of fused-ring (bicyclic) bond motifs is 1. The van der Waals surface area contributed by atoms with Crippen LogP contribution in [0, 0.1) is 5.92 Å². The molecule has 1 N–H and O–H groups in total. The van der Waals surface area contributed by atoms with Crippen molar-refractivity contribution in [2.75, 3.05) is 19.7 Å². The van der Waals surface area contributed by atoms with Crippen molar-refractivity contribution in [2.24, 2.45) is 5.92 Å². The number of aromatic nitrogens is 2. The lowest BCUT2D eigenvalue weighted by Gasteiger charge is -2.25. The van der Waals surface area contributed by atoms with Crippen LogP contribution in [0.15, 0.2) is 6.20 Å². The van der Waals surface area contributed by atoms with E-state index < -0.39 is 0 Å². The van der Waals surface area contributed by atoms with E-state index in [0.717, 1.165) is 44.1 Å². The molecule has 2 unspecified atom stereocenters. The number of nitrogens with zero attached hydrogens (tertiary/aromatic N) is 2. The van der Waals surface area contributed by atoms with Gasteiger partial charge in [-0.15, -0.1) is 0 Å². The molecule has 0 fully saturated rings. The third-order valence-electron chi connectivity index (χ3n) is 4.16. The molecule has 1 aromatic heterocycles. The summed E-state index contributed by atoms with van der Waals surface area (Å²) in [4.78, 5) is 9.33. The molecule has 0 bridgehead atoms. The van der Waals surface area contributed by atoms with Crippen LogP contribution in [-0.4, -0.2) is 29.7 Å². The summed E-state index contributed by atoms with van der Waals surface area (Å²) in [5.41, 5.74) is 2.57. The van der Waals surface area contributed by atoms with Gasteiger partial charge in [-0.05, 0) is 63.6 Å². The molecular weight excluding hydrogens is 262 g/mol. The van der Waals surface area contributed by atoms with E-state index in [4.69, 9.17) is 9.72 Å². The highest BCUT2D eigenvalue weighted by Crippen LogP contribution is 2.25. The number of rotatable bonds is 8. The molecule has 0 aromatic carbocycles. The van der Waals surface area contributed by atoms with Crippen LogP contribution in [0.1, 0.15) is 63.2 Å². The van der Waals surface area contributed by atoms with Gasteiger partial charge in [-0.2, -0.15) is 0 Å². The van der Waals surface area contributed by atoms with Gasteiger partial charge in [0, 0.05) is 18.5 Å². The first-order valence-corrected chi connectivity index (χ1v) is 8.45. The average molecular weight is 291 g/mol. The maximum atomic E-state index is 5.72. The topological polar surface area (TPSA) is 47.0 Å². The van der Waals surface area contributed by atoms with Crippen molar-refractivity contribution >= 4 is 0 Å². The Hall–Kier alpha value is -1.00. The molecule has 0 saturated carbocycles. The van der Waals surface area contributed by atoms with E-state index in [1.807, 2.05) is 13.1 Å². The second-order valence-corrected chi connectivity index (χ2v) is 5.87. The van der Waals surface area contributed by atoms with Gasteiger partial charge in [0.15, 0.2) is 5.82 Å². The molecule has 1 aliphatic rings. The van der Waals surface area contributed by atoms with Crippen LogP contribution in [-0.2, 0) is 17.6 Å². The number of hydrogen-bond donors (Lipinski definition) is 1. The minimum Gasteiger partial charge on any atom is -0.371 e. The van der Waals surface area contributed by atoms with Crippen molar-refractivity contribution in [1.82, 2.24) is 15.3 Å². The molecule has 0 saturated heterocycles. The second-order valence-electron chi connectivity index (χ2n) is 5.87. The summed E-state index contributed by atoms with van der Waals surface area (Å²) >= 11 is 0. The molecule has 21 heavy (non-hydrogen) atoms. The van der Waals surface area contributed by atoms with Crippen LogP contribution in [0.5, 0.6) is 0 Å². The minimum atomic E-state index is 0.0456. The molecule has 4 nitrogen and oxygen atoms in total. The van der Waals surface area contributed by atoms with Gasteiger partial charge in [-0.1, -0.05) is 13.8 Å². The zero-order valence-corrected chi connectivity index (χ0v) is 13.7. The van der Waals surface area contributed by atoms with Gasteiger partial charge in [-0.25, -0.2) is 9.97 Å². The number of ether oxygens (including phenoxy) is 1. The zero-order valence-electron chi connectivity index (χ0n) is 13.7. The van der Waals surface area contributed by atoms with E-state index in [0.29, 0.717) is 6.61 Å². The maximum Gasteiger partial charge on any atom is 0.157 e. The molecule has 118 valence electrons. The Morgan fingerprint density at radius 1 is 1.38 bits per heavy atom. The monoisotopic (exact) mass is 291 g/mol. The lowest BCUT2D eigenvalue weighted by atomic mass is 9.87. The Kier molecular flexibility index (Phi) is 6.58. The SMILES string of the molecule is CCCNCC1CCc2nc(C(CC)OCC)ncc2C1. The molecule has 0 spiro atoms. The third-order valence-corrected chi connectivity index (χ3v) is 4.16. The molecule has 0 aliphatic heterocycles. The Morgan fingerprint density at radius 3 is 2.95 bits per heavy atom. The number of nitrogens with one attached hydrogen (secondary N) is 1. The highest BCUT2D eigenvalue weighted by atomic mass is 16.5. The van der Waals surface area contributed by atoms with E-state index in [1.165, 1.54) is 24.1 Å². The van der Waals surface area contributed by atoms with Crippen LogP contribution in [0.25, 0.3) is 0 Å². The van der Waals surface area contributed by atoms with Gasteiger partial charge in [0.25, 0.3) is 0 Å². The molecule has 4 heteroatoms. The fourth-order valence-corrected chi connectivity index (χ4v) is 2.99. The molecule has 1 aliphatic carbocycles. The van der Waals surface area contributed by atoms with Gasteiger partial charge < -0.3 is 10.1 Å². The van der Waals surface area contributed by atoms with Crippen molar-refractivity contribution in [3.8, 4) is 0 Å². The van der Waals surface area contributed by atoms with Crippen molar-refractivity contribution in [3.63, 3.8) is 0 Å². The average Bonchev–Trinajstić information content (AvgIpc) is 2.52. The van der Waals surface area contributed by atoms with Crippen LogP contribution >= 0.6 is 0 Å². The Labute approximate surface area is 128 Å². The summed E-state index contributed by atoms with van der Waals surface area (Å²) in [5.74, 6) is 1.59. The summed E-state index contributed by atoms with van der Waals surface area (Å²) in [5, 5.41) is 3.53. The first kappa shape index (κ1) is 16.4. The predicted molar refractivity (Wildman–Crippen MR) is 85.4 cm³/mol. The number of aryl methyl sites for hydroxylation is 1. The van der Waals surface area contributed by atoms with E-state index in [2.05, 4.69) is 24.1 Å². The summed E-state index contributed by atoms with van der Waals surface area (Å²) in [6.07, 6.45) is 7.62. The summed E-state index contributed by atoms with van der Waals surface area (Å²) in [6.45, 7) is 9.30. The van der Waals surface area contributed by atoms with Crippen LogP contribution in [0.4, 0.5) is 0 Å². The van der Waals surface area contributed by atoms with Crippen LogP contribution in [0.3, 0.4) is 0 Å². The highest BCUT2D eigenvalue weighted by molar-refractivity contribution is 5.22. The van der Waals surface area contributed by atoms with Gasteiger partial charge in [0.2, 0.25) is 0 Å². The van der Waals surface area contributed by atoms with Crippen molar-refractivity contribution in [1.29, 1.82) is 0 Å².